The number of aromatic amines is 1. The molecule has 4 rings (SSSR count). The Labute approximate surface area is 144 Å². The van der Waals surface area contributed by atoms with Crippen LogP contribution in [0.15, 0.2) is 48.9 Å². The van der Waals surface area contributed by atoms with Crippen LogP contribution in [0.1, 0.15) is 10.4 Å². The van der Waals surface area contributed by atoms with Gasteiger partial charge >= 0.3 is 0 Å². The van der Waals surface area contributed by atoms with E-state index >= 15 is 0 Å². The molecule has 7 nitrogen and oxygen atoms in total. The molecule has 1 amide bonds. The number of H-pyrrole nitrogens is 1. The Morgan fingerprint density at radius 2 is 2.12 bits per heavy atom. The van der Waals surface area contributed by atoms with Gasteiger partial charge in [0.05, 0.1) is 6.04 Å². The Kier molecular flexibility index (Phi) is 4.07. The van der Waals surface area contributed by atoms with Gasteiger partial charge in [-0.05, 0) is 29.7 Å². The van der Waals surface area contributed by atoms with Gasteiger partial charge < -0.3 is 20.3 Å². The number of aliphatic hydroxyl groups is 1. The molecular weight excluding hydrogens is 318 g/mol. The van der Waals surface area contributed by atoms with Crippen LogP contribution in [0.25, 0.3) is 10.9 Å². The van der Waals surface area contributed by atoms with Crippen LogP contribution < -0.4 is 10.2 Å². The van der Waals surface area contributed by atoms with Crippen LogP contribution in [0.2, 0.25) is 0 Å². The van der Waals surface area contributed by atoms with Gasteiger partial charge in [0.25, 0.3) is 5.91 Å². The predicted molar refractivity (Wildman–Crippen MR) is 94.4 cm³/mol. The number of aliphatic hydroxyl groups excluding tert-OH is 1. The third kappa shape index (κ3) is 3.06. The fraction of sp³-hybridized carbons (Fsp3) is 0.278. The van der Waals surface area contributed by atoms with Crippen LogP contribution >= 0.6 is 0 Å². The summed E-state index contributed by atoms with van der Waals surface area (Å²) in [7, 11) is 0. The number of rotatable bonds is 4. The normalized spacial score (nSPS) is 20.1. The van der Waals surface area contributed by atoms with Crippen molar-refractivity contribution in [2.75, 3.05) is 24.6 Å². The maximum atomic E-state index is 12.6. The van der Waals surface area contributed by atoms with Gasteiger partial charge in [0.15, 0.2) is 0 Å². The van der Waals surface area contributed by atoms with Crippen molar-refractivity contribution in [1.82, 2.24) is 20.3 Å². The fourth-order valence-electron chi connectivity index (χ4n) is 3.28. The molecule has 128 valence electrons. The minimum atomic E-state index is -0.152. The van der Waals surface area contributed by atoms with Crippen LogP contribution in [0.3, 0.4) is 0 Å². The topological polar surface area (TPSA) is 94.1 Å². The SMILES string of the molecule is O=C(N[C@@H]1CN(c2ncccn2)C[C@H]1CO)c1ccc2cc[nH]c2c1. The van der Waals surface area contributed by atoms with Crippen molar-refractivity contribution in [2.24, 2.45) is 5.92 Å². The van der Waals surface area contributed by atoms with Gasteiger partial charge in [0.2, 0.25) is 5.95 Å². The van der Waals surface area contributed by atoms with Gasteiger partial charge in [-0.2, -0.15) is 0 Å². The number of carbonyl (C=O) groups excluding carboxylic acids is 1. The molecule has 0 spiro atoms. The monoisotopic (exact) mass is 337 g/mol. The fourth-order valence-corrected chi connectivity index (χ4v) is 3.28. The molecule has 1 aromatic carbocycles. The van der Waals surface area contributed by atoms with Crippen LogP contribution in [-0.2, 0) is 0 Å². The van der Waals surface area contributed by atoms with E-state index in [1.54, 1.807) is 18.5 Å². The van der Waals surface area contributed by atoms with Crippen molar-refractivity contribution >= 4 is 22.8 Å². The smallest absolute Gasteiger partial charge is 0.251 e. The lowest BCUT2D eigenvalue weighted by atomic mass is 10.0. The summed E-state index contributed by atoms with van der Waals surface area (Å²) in [5.74, 6) is 0.420. The Hall–Kier alpha value is -2.93. The quantitative estimate of drug-likeness (QED) is 0.665. The molecule has 3 heterocycles. The summed E-state index contributed by atoms with van der Waals surface area (Å²) in [5.41, 5.74) is 1.53. The summed E-state index contributed by atoms with van der Waals surface area (Å²) in [6, 6.07) is 9.15. The van der Waals surface area contributed by atoms with E-state index in [-0.39, 0.29) is 24.5 Å². The molecule has 7 heteroatoms. The summed E-state index contributed by atoms with van der Waals surface area (Å²) in [6.45, 7) is 1.19. The highest BCUT2D eigenvalue weighted by Gasteiger charge is 2.34. The van der Waals surface area contributed by atoms with Crippen molar-refractivity contribution in [1.29, 1.82) is 0 Å². The zero-order chi connectivity index (χ0) is 17.2. The zero-order valence-electron chi connectivity index (χ0n) is 13.6. The molecule has 1 fully saturated rings. The highest BCUT2D eigenvalue weighted by Crippen LogP contribution is 2.21. The Morgan fingerprint density at radius 3 is 2.92 bits per heavy atom. The molecule has 1 aliphatic heterocycles. The molecule has 0 radical (unpaired) electrons. The number of carbonyl (C=O) groups is 1. The summed E-state index contributed by atoms with van der Waals surface area (Å²) in [4.78, 5) is 26.2. The number of benzene rings is 1. The van der Waals surface area contributed by atoms with Gasteiger partial charge in [-0.15, -0.1) is 0 Å². The molecule has 3 aromatic rings. The van der Waals surface area contributed by atoms with E-state index in [1.165, 1.54) is 0 Å². The minimum Gasteiger partial charge on any atom is -0.396 e. The number of hydrogen-bond acceptors (Lipinski definition) is 5. The largest absolute Gasteiger partial charge is 0.396 e. The third-order valence-corrected chi connectivity index (χ3v) is 4.64. The molecular formula is C18H19N5O2. The number of nitrogens with zero attached hydrogens (tertiary/aromatic N) is 3. The van der Waals surface area contributed by atoms with Crippen molar-refractivity contribution in [3.63, 3.8) is 0 Å². The van der Waals surface area contributed by atoms with E-state index < -0.39 is 0 Å². The van der Waals surface area contributed by atoms with Gasteiger partial charge in [-0.1, -0.05) is 6.07 Å². The maximum Gasteiger partial charge on any atom is 0.251 e. The molecule has 0 aliphatic carbocycles. The number of hydrogen-bond donors (Lipinski definition) is 3. The van der Waals surface area contributed by atoms with Crippen molar-refractivity contribution in [2.45, 2.75) is 6.04 Å². The number of fused-ring (bicyclic) bond motifs is 1. The average molecular weight is 337 g/mol. The minimum absolute atomic E-state index is 0.00391. The molecule has 2 atom stereocenters. The van der Waals surface area contributed by atoms with E-state index in [4.69, 9.17) is 0 Å². The highest BCUT2D eigenvalue weighted by molar-refractivity contribution is 5.98. The molecule has 0 bridgehead atoms. The number of anilines is 1. The maximum absolute atomic E-state index is 12.6. The second-order valence-corrected chi connectivity index (χ2v) is 6.26. The van der Waals surface area contributed by atoms with Gasteiger partial charge in [0.1, 0.15) is 0 Å². The lowest BCUT2D eigenvalue weighted by Crippen LogP contribution is -2.41. The predicted octanol–water partition coefficient (Wildman–Crippen LogP) is 1.18. The van der Waals surface area contributed by atoms with Gasteiger partial charge in [-0.3, -0.25) is 4.79 Å². The van der Waals surface area contributed by atoms with E-state index in [9.17, 15) is 9.90 Å². The molecule has 2 aromatic heterocycles. The standard InChI is InChI=1S/C18H19N5O2/c24-11-14-9-23(18-20-5-1-6-21-18)10-16(14)22-17(25)13-3-2-12-4-7-19-15(12)8-13/h1-8,14,16,19,24H,9-11H2,(H,22,25)/t14-,16+/m0/s1. The van der Waals surface area contributed by atoms with Crippen molar-refractivity contribution in [3.8, 4) is 0 Å². The molecule has 25 heavy (non-hydrogen) atoms. The van der Waals surface area contributed by atoms with E-state index in [1.807, 2.05) is 35.4 Å². The Morgan fingerprint density at radius 1 is 1.28 bits per heavy atom. The Bertz CT molecular complexity index is 879. The van der Waals surface area contributed by atoms with Crippen LogP contribution in [0.5, 0.6) is 0 Å². The van der Waals surface area contributed by atoms with E-state index in [2.05, 4.69) is 20.3 Å². The highest BCUT2D eigenvalue weighted by atomic mass is 16.3. The Balaban J connectivity index is 1.49. The number of aromatic nitrogens is 3. The zero-order valence-corrected chi connectivity index (χ0v) is 13.6. The number of amides is 1. The van der Waals surface area contributed by atoms with Crippen molar-refractivity contribution < 1.29 is 9.90 Å². The van der Waals surface area contributed by atoms with Crippen LogP contribution in [0.4, 0.5) is 5.95 Å². The van der Waals surface area contributed by atoms with E-state index in [0.717, 1.165) is 10.9 Å². The molecule has 0 unspecified atom stereocenters. The van der Waals surface area contributed by atoms with Gasteiger partial charge in [0, 0.05) is 55.3 Å². The van der Waals surface area contributed by atoms with Crippen molar-refractivity contribution in [3.05, 3.63) is 54.5 Å². The molecule has 1 aliphatic rings. The molecule has 1 saturated heterocycles. The van der Waals surface area contributed by atoms with Gasteiger partial charge in [-0.25, -0.2) is 9.97 Å². The first-order chi connectivity index (χ1) is 12.2. The average Bonchev–Trinajstić information content (AvgIpc) is 3.28. The first kappa shape index (κ1) is 15.6. The third-order valence-electron chi connectivity index (χ3n) is 4.64. The number of nitrogens with one attached hydrogen (secondary N) is 2. The molecule has 0 saturated carbocycles. The first-order valence-electron chi connectivity index (χ1n) is 8.25. The van der Waals surface area contributed by atoms with Crippen LogP contribution in [-0.4, -0.2) is 51.7 Å². The van der Waals surface area contributed by atoms with E-state index in [0.29, 0.717) is 24.6 Å². The first-order valence-corrected chi connectivity index (χ1v) is 8.25. The lowest BCUT2D eigenvalue weighted by molar-refractivity contribution is 0.0922. The summed E-state index contributed by atoms with van der Waals surface area (Å²) in [5, 5.41) is 13.8. The lowest BCUT2D eigenvalue weighted by Gasteiger charge is -2.18. The summed E-state index contributed by atoms with van der Waals surface area (Å²) >= 11 is 0. The molecule has 3 N–H and O–H groups in total. The second-order valence-electron chi connectivity index (χ2n) is 6.26. The summed E-state index contributed by atoms with van der Waals surface area (Å²) in [6.07, 6.45) is 5.23. The summed E-state index contributed by atoms with van der Waals surface area (Å²) < 4.78 is 0. The second kappa shape index (κ2) is 6.52. The van der Waals surface area contributed by atoms with Crippen LogP contribution in [0, 0.1) is 5.92 Å².